The molecule has 0 bridgehead atoms. The average molecular weight is 317 g/mol. The Morgan fingerprint density at radius 2 is 1.91 bits per heavy atom. The lowest BCUT2D eigenvalue weighted by atomic mass is 10.1. The van der Waals surface area contributed by atoms with Gasteiger partial charge in [0.25, 0.3) is 0 Å². The maximum atomic E-state index is 12.9. The summed E-state index contributed by atoms with van der Waals surface area (Å²) < 4.78 is 43.6. The highest BCUT2D eigenvalue weighted by Gasteiger charge is 2.53. The Bertz CT molecular complexity index is 547. The molecule has 1 aromatic rings. The van der Waals surface area contributed by atoms with E-state index in [0.29, 0.717) is 10.5 Å². The number of carbonyl (C=O) groups excluding carboxylic acids is 1. The number of ether oxygens (including phenoxy) is 1. The number of alkyl halides is 3. The van der Waals surface area contributed by atoms with Gasteiger partial charge in [-0.25, -0.2) is 4.79 Å². The van der Waals surface area contributed by atoms with E-state index in [9.17, 15) is 22.8 Å². The van der Waals surface area contributed by atoms with Crippen LogP contribution in [0.25, 0.3) is 0 Å². The third kappa shape index (κ3) is 3.69. The van der Waals surface area contributed by atoms with Crippen LogP contribution < -0.4 is 0 Å². The number of amides is 1. The van der Waals surface area contributed by atoms with Crippen LogP contribution in [0.3, 0.4) is 0 Å². The second-order valence-corrected chi connectivity index (χ2v) is 5.02. The Morgan fingerprint density at radius 1 is 1.27 bits per heavy atom. The lowest BCUT2D eigenvalue weighted by Crippen LogP contribution is -2.44. The Hall–Kier alpha value is -2.25. The number of benzene rings is 1. The number of rotatable bonds is 3. The van der Waals surface area contributed by atoms with Crippen LogP contribution in [-0.2, 0) is 16.1 Å². The highest BCUT2D eigenvalue weighted by molar-refractivity contribution is 5.74. The fourth-order valence-corrected chi connectivity index (χ4v) is 2.33. The second-order valence-electron chi connectivity index (χ2n) is 5.02. The number of carboxylic acid groups (broad SMARTS) is 1. The van der Waals surface area contributed by atoms with Gasteiger partial charge in [-0.05, 0) is 12.0 Å². The molecule has 1 aliphatic heterocycles. The van der Waals surface area contributed by atoms with Crippen molar-refractivity contribution in [1.82, 2.24) is 4.90 Å². The lowest BCUT2D eigenvalue weighted by Gasteiger charge is -2.25. The van der Waals surface area contributed by atoms with Gasteiger partial charge in [-0.15, -0.1) is 0 Å². The van der Waals surface area contributed by atoms with Gasteiger partial charge in [0.1, 0.15) is 12.6 Å². The van der Waals surface area contributed by atoms with Crippen molar-refractivity contribution in [3.05, 3.63) is 35.9 Å². The van der Waals surface area contributed by atoms with Gasteiger partial charge in [-0.2, -0.15) is 13.2 Å². The predicted molar refractivity (Wildman–Crippen MR) is 68.9 cm³/mol. The van der Waals surface area contributed by atoms with Crippen LogP contribution in [0.4, 0.5) is 18.0 Å². The molecule has 120 valence electrons. The minimum absolute atomic E-state index is 0.168. The van der Waals surface area contributed by atoms with Crippen molar-refractivity contribution in [2.24, 2.45) is 5.92 Å². The van der Waals surface area contributed by atoms with Gasteiger partial charge in [-0.3, -0.25) is 9.69 Å². The molecule has 1 fully saturated rings. The number of hydrogen-bond donors (Lipinski definition) is 1. The quantitative estimate of drug-likeness (QED) is 0.931. The summed E-state index contributed by atoms with van der Waals surface area (Å²) in [6.45, 7) is -0.675. The summed E-state index contributed by atoms with van der Waals surface area (Å²) in [6.07, 6.45) is -6.50. The molecule has 1 N–H and O–H groups in total. The van der Waals surface area contributed by atoms with Crippen molar-refractivity contribution in [2.45, 2.75) is 25.2 Å². The van der Waals surface area contributed by atoms with E-state index in [2.05, 4.69) is 0 Å². The van der Waals surface area contributed by atoms with Gasteiger partial charge in [0, 0.05) is 6.54 Å². The second kappa shape index (κ2) is 6.25. The number of hydrogen-bond acceptors (Lipinski definition) is 3. The van der Waals surface area contributed by atoms with Gasteiger partial charge in [0.2, 0.25) is 0 Å². The van der Waals surface area contributed by atoms with Crippen molar-refractivity contribution in [3.8, 4) is 0 Å². The molecule has 0 aromatic heterocycles. The number of aliphatic carboxylic acids is 1. The summed E-state index contributed by atoms with van der Waals surface area (Å²) in [5, 5.41) is 8.86. The summed E-state index contributed by atoms with van der Waals surface area (Å²) in [7, 11) is 0. The fourth-order valence-electron chi connectivity index (χ4n) is 2.33. The number of nitrogens with zero attached hydrogens (tertiary/aromatic N) is 1. The molecule has 0 saturated carbocycles. The topological polar surface area (TPSA) is 66.8 Å². The van der Waals surface area contributed by atoms with E-state index in [1.54, 1.807) is 30.3 Å². The molecule has 8 heteroatoms. The Morgan fingerprint density at radius 3 is 2.45 bits per heavy atom. The molecule has 1 aromatic carbocycles. The monoisotopic (exact) mass is 317 g/mol. The third-order valence-electron chi connectivity index (χ3n) is 3.47. The number of halogens is 3. The SMILES string of the molecule is O=C(O)[C@H]1C[C@@H](C(F)(F)F)N(C(=O)OCc2ccccc2)C1. The van der Waals surface area contributed by atoms with Crippen LogP contribution in [0.15, 0.2) is 30.3 Å². The summed E-state index contributed by atoms with van der Waals surface area (Å²) in [5.74, 6) is -2.59. The third-order valence-corrected chi connectivity index (χ3v) is 3.47. The Kier molecular flexibility index (Phi) is 4.58. The highest BCUT2D eigenvalue weighted by Crippen LogP contribution is 2.35. The predicted octanol–water partition coefficient (Wildman–Crippen LogP) is 2.66. The first-order chi connectivity index (χ1) is 10.3. The van der Waals surface area contributed by atoms with Gasteiger partial charge in [0.15, 0.2) is 0 Å². The Balaban J connectivity index is 2.04. The van der Waals surface area contributed by atoms with Crippen LogP contribution in [-0.4, -0.2) is 40.8 Å². The first kappa shape index (κ1) is 16.1. The zero-order chi connectivity index (χ0) is 16.3. The molecular formula is C14H14F3NO4. The van der Waals surface area contributed by atoms with E-state index in [1.807, 2.05) is 0 Å². The molecule has 1 saturated heterocycles. The van der Waals surface area contributed by atoms with Crippen LogP contribution >= 0.6 is 0 Å². The number of likely N-dealkylation sites (tertiary alicyclic amines) is 1. The van der Waals surface area contributed by atoms with Gasteiger partial charge < -0.3 is 9.84 Å². The van der Waals surface area contributed by atoms with E-state index in [4.69, 9.17) is 9.84 Å². The maximum Gasteiger partial charge on any atom is 0.410 e. The molecule has 1 aliphatic rings. The van der Waals surface area contributed by atoms with Crippen molar-refractivity contribution in [2.75, 3.05) is 6.54 Å². The smallest absolute Gasteiger partial charge is 0.410 e. The molecule has 2 atom stereocenters. The minimum Gasteiger partial charge on any atom is -0.481 e. The van der Waals surface area contributed by atoms with E-state index in [1.165, 1.54) is 0 Å². The molecule has 1 amide bonds. The molecule has 0 unspecified atom stereocenters. The number of carboxylic acids is 1. The van der Waals surface area contributed by atoms with Gasteiger partial charge >= 0.3 is 18.2 Å². The zero-order valence-corrected chi connectivity index (χ0v) is 11.4. The van der Waals surface area contributed by atoms with Gasteiger partial charge in [-0.1, -0.05) is 30.3 Å². The Labute approximate surface area is 124 Å². The fraction of sp³-hybridized carbons (Fsp3) is 0.429. The molecule has 0 radical (unpaired) electrons. The maximum absolute atomic E-state index is 12.9. The average Bonchev–Trinajstić information content (AvgIpc) is 2.91. The first-order valence-corrected chi connectivity index (χ1v) is 6.56. The summed E-state index contributed by atoms with van der Waals surface area (Å²) in [6, 6.07) is 6.37. The normalized spacial score (nSPS) is 21.7. The summed E-state index contributed by atoms with van der Waals surface area (Å²) in [5.41, 5.74) is 0.633. The van der Waals surface area contributed by atoms with Crippen LogP contribution in [0.5, 0.6) is 0 Å². The van der Waals surface area contributed by atoms with Crippen LogP contribution in [0, 0.1) is 5.92 Å². The van der Waals surface area contributed by atoms with E-state index in [0.717, 1.165) is 0 Å². The van der Waals surface area contributed by atoms with Gasteiger partial charge in [0.05, 0.1) is 5.92 Å². The number of carbonyl (C=O) groups is 2. The highest BCUT2D eigenvalue weighted by atomic mass is 19.4. The standard InChI is InChI=1S/C14H14F3NO4/c15-14(16,17)11-6-10(12(19)20)7-18(11)13(21)22-8-9-4-2-1-3-5-9/h1-5,10-11H,6-8H2,(H,19,20)/t10-,11-/m0/s1. The van der Waals surface area contributed by atoms with E-state index >= 15 is 0 Å². The van der Waals surface area contributed by atoms with Crippen molar-refractivity contribution >= 4 is 12.1 Å². The lowest BCUT2D eigenvalue weighted by molar-refractivity contribution is -0.172. The van der Waals surface area contributed by atoms with Crippen molar-refractivity contribution < 1.29 is 32.6 Å². The first-order valence-electron chi connectivity index (χ1n) is 6.56. The zero-order valence-electron chi connectivity index (χ0n) is 11.4. The molecule has 0 spiro atoms. The van der Waals surface area contributed by atoms with E-state index in [-0.39, 0.29) is 6.61 Å². The molecular weight excluding hydrogens is 303 g/mol. The molecule has 2 rings (SSSR count). The van der Waals surface area contributed by atoms with Crippen LogP contribution in [0.1, 0.15) is 12.0 Å². The van der Waals surface area contributed by atoms with Crippen LogP contribution in [0.2, 0.25) is 0 Å². The molecule has 0 aliphatic carbocycles. The van der Waals surface area contributed by atoms with Crippen molar-refractivity contribution in [1.29, 1.82) is 0 Å². The minimum atomic E-state index is -4.68. The molecule has 1 heterocycles. The summed E-state index contributed by atoms with van der Waals surface area (Å²) in [4.78, 5) is 23.2. The largest absolute Gasteiger partial charge is 0.481 e. The molecule has 5 nitrogen and oxygen atoms in total. The molecule has 22 heavy (non-hydrogen) atoms. The summed E-state index contributed by atoms with van der Waals surface area (Å²) >= 11 is 0. The van der Waals surface area contributed by atoms with E-state index < -0.39 is 43.2 Å². The van der Waals surface area contributed by atoms with Crippen molar-refractivity contribution in [3.63, 3.8) is 0 Å².